The summed E-state index contributed by atoms with van der Waals surface area (Å²) in [5.74, 6) is 0. The fourth-order valence-electron chi connectivity index (χ4n) is 1.46. The van der Waals surface area contributed by atoms with Crippen LogP contribution in [-0.4, -0.2) is 22.2 Å². The second-order valence-corrected chi connectivity index (χ2v) is 3.50. The van der Waals surface area contributed by atoms with Gasteiger partial charge in [-0.2, -0.15) is 5.10 Å². The zero-order chi connectivity index (χ0) is 11.4. The number of hydrogen-bond donors (Lipinski definition) is 1. The van der Waals surface area contributed by atoms with Crippen molar-refractivity contribution in [2.24, 2.45) is 5.73 Å². The molecule has 0 spiro atoms. The van der Waals surface area contributed by atoms with E-state index in [4.69, 9.17) is 5.73 Å². The second kappa shape index (κ2) is 5.21. The quantitative estimate of drug-likeness (QED) is 0.814. The van der Waals surface area contributed by atoms with E-state index in [1.807, 2.05) is 19.9 Å². The Balaban J connectivity index is 2.78. The maximum Gasteiger partial charge on any atom is 0.253 e. The van der Waals surface area contributed by atoms with Crippen LogP contribution in [0.15, 0.2) is 6.07 Å². The van der Waals surface area contributed by atoms with Gasteiger partial charge in [-0.3, -0.25) is 4.68 Å². The van der Waals surface area contributed by atoms with Crippen LogP contribution in [0, 0.1) is 0 Å². The van der Waals surface area contributed by atoms with Gasteiger partial charge in [0.25, 0.3) is 6.43 Å². The number of aryl methyl sites for hydroxylation is 2. The monoisotopic (exact) mass is 217 g/mol. The van der Waals surface area contributed by atoms with Crippen molar-refractivity contribution in [2.75, 3.05) is 0 Å². The molecule has 1 atom stereocenters. The first-order valence-electron chi connectivity index (χ1n) is 5.17. The van der Waals surface area contributed by atoms with Gasteiger partial charge in [0.05, 0.1) is 11.7 Å². The minimum atomic E-state index is -2.48. The summed E-state index contributed by atoms with van der Waals surface area (Å²) in [6.45, 7) is 4.61. The molecule has 2 N–H and O–H groups in total. The molecule has 1 rings (SSSR count). The summed E-state index contributed by atoms with van der Waals surface area (Å²) in [5.41, 5.74) is 7.05. The zero-order valence-corrected chi connectivity index (χ0v) is 9.08. The molecular weight excluding hydrogens is 200 g/mol. The van der Waals surface area contributed by atoms with Gasteiger partial charge >= 0.3 is 0 Å². The fourth-order valence-corrected chi connectivity index (χ4v) is 1.46. The van der Waals surface area contributed by atoms with Crippen LogP contribution >= 0.6 is 0 Å². The first-order chi connectivity index (χ1) is 7.08. The molecular formula is C10H17F2N3. The predicted octanol–water partition coefficient (Wildman–Crippen LogP) is 1.60. The van der Waals surface area contributed by atoms with Crippen LogP contribution in [0.5, 0.6) is 0 Å². The van der Waals surface area contributed by atoms with E-state index in [1.165, 1.54) is 0 Å². The van der Waals surface area contributed by atoms with Gasteiger partial charge in [0.1, 0.15) is 0 Å². The van der Waals surface area contributed by atoms with E-state index in [2.05, 4.69) is 5.10 Å². The predicted molar refractivity (Wildman–Crippen MR) is 55.0 cm³/mol. The number of halogens is 2. The van der Waals surface area contributed by atoms with Gasteiger partial charge in [-0.05, 0) is 19.4 Å². The lowest BCUT2D eigenvalue weighted by atomic mass is 10.1. The first-order valence-corrected chi connectivity index (χ1v) is 5.17. The Morgan fingerprint density at radius 3 is 2.60 bits per heavy atom. The largest absolute Gasteiger partial charge is 0.323 e. The topological polar surface area (TPSA) is 43.8 Å². The molecule has 0 aliphatic rings. The lowest BCUT2D eigenvalue weighted by molar-refractivity contribution is 0.115. The van der Waals surface area contributed by atoms with E-state index in [0.717, 1.165) is 17.8 Å². The maximum absolute atomic E-state index is 12.3. The summed E-state index contributed by atoms with van der Waals surface area (Å²) in [4.78, 5) is 0. The number of nitrogens with zero attached hydrogens (tertiary/aromatic N) is 2. The molecule has 0 saturated carbocycles. The average Bonchev–Trinajstić information content (AvgIpc) is 2.60. The van der Waals surface area contributed by atoms with Crippen molar-refractivity contribution < 1.29 is 8.78 Å². The Hall–Kier alpha value is -0.970. The molecule has 0 fully saturated rings. The standard InChI is InChI=1S/C10H17F2N3/c1-3-7-5-8(15(4-2)14-7)6-9(13)10(11)12/h5,9-10H,3-4,6,13H2,1-2H3. The van der Waals surface area contributed by atoms with Gasteiger partial charge in [0.15, 0.2) is 0 Å². The molecule has 5 heteroatoms. The first kappa shape index (κ1) is 12.1. The molecule has 0 aliphatic heterocycles. The molecule has 1 aromatic rings. The second-order valence-electron chi connectivity index (χ2n) is 3.50. The van der Waals surface area contributed by atoms with Gasteiger partial charge < -0.3 is 5.73 Å². The minimum absolute atomic E-state index is 0.179. The Kier molecular flexibility index (Phi) is 4.20. The Morgan fingerprint density at radius 2 is 2.13 bits per heavy atom. The maximum atomic E-state index is 12.3. The summed E-state index contributed by atoms with van der Waals surface area (Å²) in [6.07, 6.45) is -1.49. The van der Waals surface area contributed by atoms with Crippen LogP contribution < -0.4 is 5.73 Å². The molecule has 86 valence electrons. The van der Waals surface area contributed by atoms with Crippen LogP contribution in [0.4, 0.5) is 8.78 Å². The van der Waals surface area contributed by atoms with Crippen LogP contribution in [0.2, 0.25) is 0 Å². The number of aromatic nitrogens is 2. The van der Waals surface area contributed by atoms with Crippen molar-refractivity contribution in [1.82, 2.24) is 9.78 Å². The molecule has 0 amide bonds. The highest BCUT2D eigenvalue weighted by Gasteiger charge is 2.18. The molecule has 0 saturated heterocycles. The van der Waals surface area contributed by atoms with Crippen molar-refractivity contribution in [3.8, 4) is 0 Å². The van der Waals surface area contributed by atoms with Crippen molar-refractivity contribution in [3.05, 3.63) is 17.5 Å². The van der Waals surface area contributed by atoms with E-state index in [9.17, 15) is 8.78 Å². The highest BCUT2D eigenvalue weighted by Crippen LogP contribution is 2.10. The SMILES string of the molecule is CCc1cc(CC(N)C(F)F)n(CC)n1. The van der Waals surface area contributed by atoms with E-state index < -0.39 is 12.5 Å². The third-order valence-electron chi connectivity index (χ3n) is 2.34. The fraction of sp³-hybridized carbons (Fsp3) is 0.700. The van der Waals surface area contributed by atoms with Gasteiger partial charge in [0, 0.05) is 18.7 Å². The van der Waals surface area contributed by atoms with Crippen LogP contribution in [-0.2, 0) is 19.4 Å². The third kappa shape index (κ3) is 2.99. The highest BCUT2D eigenvalue weighted by atomic mass is 19.3. The molecule has 0 radical (unpaired) electrons. The van der Waals surface area contributed by atoms with Crippen molar-refractivity contribution in [3.63, 3.8) is 0 Å². The van der Waals surface area contributed by atoms with Gasteiger partial charge in [-0.25, -0.2) is 8.78 Å². The van der Waals surface area contributed by atoms with Crippen LogP contribution in [0.1, 0.15) is 25.2 Å². The van der Waals surface area contributed by atoms with Crippen molar-refractivity contribution >= 4 is 0 Å². The molecule has 15 heavy (non-hydrogen) atoms. The average molecular weight is 217 g/mol. The minimum Gasteiger partial charge on any atom is -0.323 e. The molecule has 3 nitrogen and oxygen atoms in total. The van der Waals surface area contributed by atoms with Gasteiger partial charge in [-0.1, -0.05) is 6.92 Å². The highest BCUT2D eigenvalue weighted by molar-refractivity contribution is 5.12. The molecule has 1 heterocycles. The summed E-state index contributed by atoms with van der Waals surface area (Å²) >= 11 is 0. The van der Waals surface area contributed by atoms with Crippen LogP contribution in [0.3, 0.4) is 0 Å². The van der Waals surface area contributed by atoms with Crippen molar-refractivity contribution in [1.29, 1.82) is 0 Å². The van der Waals surface area contributed by atoms with Crippen molar-refractivity contribution in [2.45, 2.75) is 45.7 Å². The summed E-state index contributed by atoms with van der Waals surface area (Å²) in [6, 6.07) is 0.753. The molecule has 1 unspecified atom stereocenters. The Labute approximate surface area is 88.3 Å². The molecule has 0 aliphatic carbocycles. The number of alkyl halides is 2. The summed E-state index contributed by atoms with van der Waals surface area (Å²) in [7, 11) is 0. The lowest BCUT2D eigenvalue weighted by Crippen LogP contribution is -2.31. The summed E-state index contributed by atoms with van der Waals surface area (Å²) in [5, 5.41) is 4.28. The zero-order valence-electron chi connectivity index (χ0n) is 9.08. The smallest absolute Gasteiger partial charge is 0.253 e. The van der Waals surface area contributed by atoms with Gasteiger partial charge in [0.2, 0.25) is 0 Å². The van der Waals surface area contributed by atoms with Gasteiger partial charge in [-0.15, -0.1) is 0 Å². The van der Waals surface area contributed by atoms with Crippen LogP contribution in [0.25, 0.3) is 0 Å². The third-order valence-corrected chi connectivity index (χ3v) is 2.34. The van der Waals surface area contributed by atoms with E-state index >= 15 is 0 Å². The van der Waals surface area contributed by atoms with E-state index in [-0.39, 0.29) is 6.42 Å². The van der Waals surface area contributed by atoms with E-state index in [1.54, 1.807) is 4.68 Å². The normalized spacial score (nSPS) is 13.5. The molecule has 1 aromatic heterocycles. The number of hydrogen-bond acceptors (Lipinski definition) is 2. The number of rotatable bonds is 5. The Bertz CT molecular complexity index is 310. The number of nitrogens with two attached hydrogens (primary N) is 1. The van der Waals surface area contributed by atoms with E-state index in [0.29, 0.717) is 6.54 Å². The lowest BCUT2D eigenvalue weighted by Gasteiger charge is -2.10. The molecule has 0 aromatic carbocycles. The molecule has 0 bridgehead atoms. The Morgan fingerprint density at radius 1 is 1.47 bits per heavy atom. The summed E-state index contributed by atoms with van der Waals surface area (Å²) < 4.78 is 26.3.